The Bertz CT molecular complexity index is 996. The van der Waals surface area contributed by atoms with Gasteiger partial charge in [-0.1, -0.05) is 12.1 Å². The number of oxazole rings is 1. The van der Waals surface area contributed by atoms with Gasteiger partial charge in [-0.3, -0.25) is 9.78 Å². The fraction of sp³-hybridized carbons (Fsp3) is 0.333. The molecule has 1 fully saturated rings. The maximum Gasteiger partial charge on any atom is 0.275 e. The number of aromatic nitrogens is 3. The average molecular weight is 394 g/mol. The van der Waals surface area contributed by atoms with Crippen LogP contribution in [0.1, 0.15) is 40.8 Å². The van der Waals surface area contributed by atoms with Crippen LogP contribution < -0.4 is 9.47 Å². The van der Waals surface area contributed by atoms with Crippen molar-refractivity contribution >= 4 is 5.91 Å². The Morgan fingerprint density at radius 1 is 1.14 bits per heavy atom. The summed E-state index contributed by atoms with van der Waals surface area (Å²) in [6.45, 7) is 2.94. The second-order valence-electron chi connectivity index (χ2n) is 6.82. The summed E-state index contributed by atoms with van der Waals surface area (Å²) < 4.78 is 16.5. The smallest absolute Gasteiger partial charge is 0.275 e. The SMILES string of the molecule is COc1ccccc1Oc1nccnc1C1CCN(C(=O)c2coc(C)n2)CC1. The van der Waals surface area contributed by atoms with E-state index in [9.17, 15) is 4.79 Å². The van der Waals surface area contributed by atoms with Crippen molar-refractivity contribution in [2.45, 2.75) is 25.7 Å². The Morgan fingerprint density at radius 2 is 1.86 bits per heavy atom. The lowest BCUT2D eigenvalue weighted by atomic mass is 9.93. The molecule has 8 heteroatoms. The number of hydrogen-bond donors (Lipinski definition) is 0. The van der Waals surface area contributed by atoms with E-state index >= 15 is 0 Å². The van der Waals surface area contributed by atoms with E-state index in [0.29, 0.717) is 42.1 Å². The van der Waals surface area contributed by atoms with Crippen LogP contribution in [0.3, 0.4) is 0 Å². The molecule has 2 aromatic heterocycles. The molecule has 0 spiro atoms. The van der Waals surface area contributed by atoms with Crippen molar-refractivity contribution in [2.75, 3.05) is 20.2 Å². The van der Waals surface area contributed by atoms with Gasteiger partial charge >= 0.3 is 0 Å². The van der Waals surface area contributed by atoms with Crippen LogP contribution in [0.2, 0.25) is 0 Å². The quantitative estimate of drug-likeness (QED) is 0.653. The highest BCUT2D eigenvalue weighted by Crippen LogP contribution is 2.36. The van der Waals surface area contributed by atoms with Gasteiger partial charge in [-0.25, -0.2) is 9.97 Å². The van der Waals surface area contributed by atoms with Crippen LogP contribution in [-0.4, -0.2) is 46.0 Å². The number of hydrogen-bond acceptors (Lipinski definition) is 7. The molecule has 29 heavy (non-hydrogen) atoms. The highest BCUT2D eigenvalue weighted by molar-refractivity contribution is 5.92. The van der Waals surface area contributed by atoms with Crippen molar-refractivity contribution in [3.8, 4) is 17.4 Å². The number of ether oxygens (including phenoxy) is 2. The third kappa shape index (κ3) is 4.06. The summed E-state index contributed by atoms with van der Waals surface area (Å²) in [4.78, 5) is 27.4. The van der Waals surface area contributed by atoms with Crippen molar-refractivity contribution in [3.63, 3.8) is 0 Å². The summed E-state index contributed by atoms with van der Waals surface area (Å²) in [6, 6.07) is 7.43. The average Bonchev–Trinajstić information content (AvgIpc) is 3.20. The number of carbonyl (C=O) groups is 1. The summed E-state index contributed by atoms with van der Waals surface area (Å²) in [7, 11) is 1.60. The summed E-state index contributed by atoms with van der Waals surface area (Å²) in [5.41, 5.74) is 1.14. The molecule has 1 aliphatic rings. The molecule has 0 N–H and O–H groups in total. The summed E-state index contributed by atoms with van der Waals surface area (Å²) in [5, 5.41) is 0. The van der Waals surface area contributed by atoms with Crippen LogP contribution in [0.15, 0.2) is 47.3 Å². The standard InChI is InChI=1S/C21H22N4O4/c1-14-24-16(13-28-14)21(26)25-11-7-15(8-12-25)19-20(23-10-9-22-19)29-18-6-4-3-5-17(18)27-2/h3-6,9-10,13,15H,7-8,11-12H2,1-2H3. The van der Waals surface area contributed by atoms with Gasteiger partial charge in [0.25, 0.3) is 5.91 Å². The lowest BCUT2D eigenvalue weighted by molar-refractivity contribution is 0.0705. The number of carbonyl (C=O) groups excluding carboxylic acids is 1. The molecule has 0 unspecified atom stereocenters. The minimum atomic E-state index is -0.107. The molecule has 150 valence electrons. The minimum absolute atomic E-state index is 0.107. The molecule has 3 aromatic rings. The zero-order chi connectivity index (χ0) is 20.2. The van der Waals surface area contributed by atoms with Gasteiger partial charge in [-0.15, -0.1) is 0 Å². The summed E-state index contributed by atoms with van der Waals surface area (Å²) >= 11 is 0. The number of methoxy groups -OCH3 is 1. The predicted molar refractivity (Wildman–Crippen MR) is 104 cm³/mol. The van der Waals surface area contributed by atoms with E-state index in [1.54, 1.807) is 31.3 Å². The van der Waals surface area contributed by atoms with Gasteiger partial charge in [-0.2, -0.15) is 0 Å². The van der Waals surface area contributed by atoms with Gasteiger partial charge in [-0.05, 0) is 25.0 Å². The van der Waals surface area contributed by atoms with Crippen LogP contribution in [0.5, 0.6) is 17.4 Å². The predicted octanol–water partition coefficient (Wildman–Crippen LogP) is 3.59. The van der Waals surface area contributed by atoms with Crippen molar-refractivity contribution in [1.82, 2.24) is 19.9 Å². The fourth-order valence-corrected chi connectivity index (χ4v) is 3.48. The molecular formula is C21H22N4O4. The Kier molecular flexibility index (Phi) is 5.41. The van der Waals surface area contributed by atoms with E-state index in [2.05, 4.69) is 15.0 Å². The molecule has 1 saturated heterocycles. The monoisotopic (exact) mass is 394 g/mol. The molecule has 1 amide bonds. The van der Waals surface area contributed by atoms with Crippen molar-refractivity contribution in [2.24, 2.45) is 0 Å². The molecule has 8 nitrogen and oxygen atoms in total. The van der Waals surface area contributed by atoms with Crippen LogP contribution >= 0.6 is 0 Å². The molecule has 0 saturated carbocycles. The maximum absolute atomic E-state index is 12.6. The number of para-hydroxylation sites is 2. The van der Waals surface area contributed by atoms with Crippen molar-refractivity contribution in [1.29, 1.82) is 0 Å². The number of rotatable bonds is 5. The molecule has 1 aliphatic heterocycles. The third-order valence-electron chi connectivity index (χ3n) is 4.97. The molecule has 0 bridgehead atoms. The first-order valence-electron chi connectivity index (χ1n) is 9.49. The van der Waals surface area contributed by atoms with E-state index < -0.39 is 0 Å². The van der Waals surface area contributed by atoms with Gasteiger partial charge in [0.05, 0.1) is 7.11 Å². The van der Waals surface area contributed by atoms with Gasteiger partial charge in [0.1, 0.15) is 12.0 Å². The molecule has 0 radical (unpaired) electrons. The second kappa shape index (κ2) is 8.30. The minimum Gasteiger partial charge on any atom is -0.493 e. The number of nitrogens with zero attached hydrogens (tertiary/aromatic N) is 4. The van der Waals surface area contributed by atoms with E-state index in [1.165, 1.54) is 6.26 Å². The van der Waals surface area contributed by atoms with E-state index in [1.807, 2.05) is 24.3 Å². The number of amides is 1. The lowest BCUT2D eigenvalue weighted by Crippen LogP contribution is -2.38. The summed E-state index contributed by atoms with van der Waals surface area (Å²) in [6.07, 6.45) is 6.22. The van der Waals surface area contributed by atoms with Crippen LogP contribution in [0.25, 0.3) is 0 Å². The van der Waals surface area contributed by atoms with Crippen molar-refractivity contribution in [3.05, 3.63) is 60.2 Å². The van der Waals surface area contributed by atoms with Gasteiger partial charge in [0.2, 0.25) is 5.88 Å². The fourth-order valence-electron chi connectivity index (χ4n) is 3.48. The highest BCUT2D eigenvalue weighted by atomic mass is 16.5. The Labute approximate surface area is 168 Å². The molecular weight excluding hydrogens is 372 g/mol. The second-order valence-corrected chi connectivity index (χ2v) is 6.82. The first-order valence-corrected chi connectivity index (χ1v) is 9.49. The molecule has 0 aliphatic carbocycles. The number of likely N-dealkylation sites (tertiary alicyclic amines) is 1. The number of benzene rings is 1. The van der Waals surface area contributed by atoms with E-state index in [-0.39, 0.29) is 11.8 Å². The normalized spacial score (nSPS) is 14.6. The van der Waals surface area contributed by atoms with Gasteiger partial charge in [0, 0.05) is 38.3 Å². The third-order valence-corrected chi connectivity index (χ3v) is 4.97. The zero-order valence-corrected chi connectivity index (χ0v) is 16.4. The Balaban J connectivity index is 1.47. The maximum atomic E-state index is 12.6. The molecule has 0 atom stereocenters. The van der Waals surface area contributed by atoms with Gasteiger partial charge < -0.3 is 18.8 Å². The number of aryl methyl sites for hydroxylation is 1. The van der Waals surface area contributed by atoms with E-state index in [0.717, 1.165) is 18.5 Å². The Hall–Kier alpha value is -3.42. The van der Waals surface area contributed by atoms with Crippen LogP contribution in [-0.2, 0) is 0 Å². The number of piperidine rings is 1. The highest BCUT2D eigenvalue weighted by Gasteiger charge is 2.29. The molecule has 1 aromatic carbocycles. The van der Waals surface area contributed by atoms with Crippen molar-refractivity contribution < 1.29 is 18.7 Å². The van der Waals surface area contributed by atoms with Crippen LogP contribution in [0.4, 0.5) is 0 Å². The molecule has 3 heterocycles. The zero-order valence-electron chi connectivity index (χ0n) is 16.4. The van der Waals surface area contributed by atoms with E-state index in [4.69, 9.17) is 13.9 Å². The lowest BCUT2D eigenvalue weighted by Gasteiger charge is -2.31. The Morgan fingerprint density at radius 3 is 2.55 bits per heavy atom. The summed E-state index contributed by atoms with van der Waals surface area (Å²) in [5.74, 6) is 2.22. The van der Waals surface area contributed by atoms with Gasteiger partial charge in [0.15, 0.2) is 23.1 Å². The molecule has 4 rings (SSSR count). The topological polar surface area (TPSA) is 90.6 Å². The first-order chi connectivity index (χ1) is 14.2. The van der Waals surface area contributed by atoms with Crippen LogP contribution in [0, 0.1) is 6.92 Å². The first kappa shape index (κ1) is 18.9. The largest absolute Gasteiger partial charge is 0.493 e.